The molecule has 1 N–H and O–H groups in total. The Bertz CT molecular complexity index is 1090. The maximum absolute atomic E-state index is 15.6. The van der Waals surface area contributed by atoms with Crippen molar-refractivity contribution in [3.05, 3.63) is 35.9 Å². The second kappa shape index (κ2) is 8.34. The number of pyridine rings is 1. The highest BCUT2D eigenvalue weighted by atomic mass is 32.2. The Morgan fingerprint density at radius 2 is 1.81 bits per heavy atom. The number of rotatable bonds is 4. The average molecular weight is 477 g/mol. The van der Waals surface area contributed by atoms with Gasteiger partial charge in [0.25, 0.3) is 0 Å². The van der Waals surface area contributed by atoms with E-state index in [-0.39, 0.29) is 25.9 Å². The lowest BCUT2D eigenvalue weighted by Crippen LogP contribution is -2.48. The van der Waals surface area contributed by atoms with Gasteiger partial charge in [-0.1, -0.05) is 0 Å². The van der Waals surface area contributed by atoms with E-state index >= 15 is 4.39 Å². The van der Waals surface area contributed by atoms with Gasteiger partial charge in [-0.2, -0.15) is 18.3 Å². The normalized spacial score (nSPS) is 17.8. The van der Waals surface area contributed by atoms with Crippen LogP contribution in [-0.4, -0.2) is 52.2 Å². The highest BCUT2D eigenvalue weighted by Gasteiger charge is 2.52. The Balaban J connectivity index is 1.73. The minimum atomic E-state index is -5.05. The molecule has 1 atom stereocenters. The smallest absolute Gasteiger partial charge is 0.325 e. The monoisotopic (exact) mass is 477 g/mol. The molecule has 2 aromatic heterocycles. The summed E-state index contributed by atoms with van der Waals surface area (Å²) < 4.78 is 81.8. The number of aryl methyl sites for hydroxylation is 2. The summed E-state index contributed by atoms with van der Waals surface area (Å²) in [6.07, 6.45) is -2.97. The zero-order valence-electron chi connectivity index (χ0n) is 17.6. The lowest BCUT2D eigenvalue weighted by Gasteiger charge is -2.37. The number of nitrogens with zero attached hydrogens (tertiary/aromatic N) is 4. The van der Waals surface area contributed by atoms with Crippen LogP contribution in [0.3, 0.4) is 0 Å². The molecule has 2 amide bonds. The summed E-state index contributed by atoms with van der Waals surface area (Å²) in [5, 5.41) is 2.85. The van der Waals surface area contributed by atoms with Crippen LogP contribution in [0.4, 0.5) is 28.0 Å². The van der Waals surface area contributed by atoms with Crippen LogP contribution in [0.2, 0.25) is 0 Å². The fourth-order valence-electron chi connectivity index (χ4n) is 3.64. The first-order valence-corrected chi connectivity index (χ1v) is 11.2. The van der Waals surface area contributed by atoms with Crippen molar-refractivity contribution in [3.8, 4) is 0 Å². The second-order valence-corrected chi connectivity index (χ2v) is 10.1. The summed E-state index contributed by atoms with van der Waals surface area (Å²) in [5.41, 5.74) is -0.404. The first kappa shape index (κ1) is 24.0. The molecule has 3 rings (SSSR count). The number of carbonyl (C=O) groups excluding carboxylic acids is 1. The Labute approximate surface area is 182 Å². The summed E-state index contributed by atoms with van der Waals surface area (Å²) in [7, 11) is -3.89. The number of urea groups is 1. The molecule has 13 heteroatoms. The van der Waals surface area contributed by atoms with Crippen molar-refractivity contribution in [2.75, 3.05) is 18.4 Å². The van der Waals surface area contributed by atoms with E-state index in [0.29, 0.717) is 16.6 Å². The number of nitrogens with one attached hydrogen (secondary N) is 1. The number of hydrogen-bond acceptors (Lipinski definition) is 5. The maximum Gasteiger partial charge on any atom is 0.436 e. The van der Waals surface area contributed by atoms with Crippen molar-refractivity contribution in [3.63, 3.8) is 0 Å². The zero-order chi connectivity index (χ0) is 23.9. The number of piperidine rings is 1. The van der Waals surface area contributed by atoms with E-state index < -0.39 is 43.6 Å². The molecule has 1 saturated heterocycles. The molecule has 1 aliphatic heterocycles. The molecule has 2 aromatic rings. The third-order valence-electron chi connectivity index (χ3n) is 5.55. The van der Waals surface area contributed by atoms with Gasteiger partial charge < -0.3 is 10.2 Å². The van der Waals surface area contributed by atoms with Gasteiger partial charge in [-0.3, -0.25) is 9.67 Å². The van der Waals surface area contributed by atoms with Crippen LogP contribution >= 0.6 is 0 Å². The number of likely N-dealkylation sites (tertiary alicyclic amines) is 1. The SMILES string of the molecule is Cc1ccc(NC(=O)N2CCC(C(C)(F)S(=O)(=O)c3cn(C)nc3C(F)(F)F)CC2)cn1. The number of amides is 2. The largest absolute Gasteiger partial charge is 0.436 e. The standard InChI is InChI=1S/C19H23F4N5O3S/c1-12-4-5-14(10-24-12)25-17(29)28-8-6-13(7-9-28)18(2,20)32(30,31)15-11-27(3)26-16(15)19(21,22)23/h4-5,10-11,13H,6-9H2,1-3H3,(H,25,29). The minimum absolute atomic E-state index is 0.0343. The maximum atomic E-state index is 15.6. The summed E-state index contributed by atoms with van der Waals surface area (Å²) in [6, 6.07) is 2.93. The van der Waals surface area contributed by atoms with Crippen LogP contribution in [0.1, 0.15) is 31.2 Å². The van der Waals surface area contributed by atoms with Crippen LogP contribution in [0, 0.1) is 12.8 Å². The number of carbonyl (C=O) groups is 1. The molecule has 0 bridgehead atoms. The van der Waals surface area contributed by atoms with Crippen LogP contribution in [-0.2, 0) is 23.1 Å². The van der Waals surface area contributed by atoms with E-state index in [9.17, 15) is 26.4 Å². The van der Waals surface area contributed by atoms with Gasteiger partial charge in [0, 0.05) is 37.9 Å². The van der Waals surface area contributed by atoms with Gasteiger partial charge >= 0.3 is 12.2 Å². The number of sulfone groups is 1. The van der Waals surface area contributed by atoms with Crippen molar-refractivity contribution in [1.29, 1.82) is 0 Å². The second-order valence-electron chi connectivity index (χ2n) is 7.88. The van der Waals surface area contributed by atoms with Gasteiger partial charge in [0.2, 0.25) is 14.8 Å². The van der Waals surface area contributed by atoms with Gasteiger partial charge in [0.15, 0.2) is 5.69 Å². The topological polar surface area (TPSA) is 97.2 Å². The molecule has 1 unspecified atom stereocenters. The number of hydrogen-bond donors (Lipinski definition) is 1. The Morgan fingerprint density at radius 3 is 2.34 bits per heavy atom. The van der Waals surface area contributed by atoms with Crippen LogP contribution in [0.15, 0.2) is 29.4 Å². The zero-order valence-corrected chi connectivity index (χ0v) is 18.5. The number of aromatic nitrogens is 3. The highest BCUT2D eigenvalue weighted by Crippen LogP contribution is 2.43. The minimum Gasteiger partial charge on any atom is -0.325 e. The Hall–Kier alpha value is -2.70. The molecule has 0 aliphatic carbocycles. The van der Waals surface area contributed by atoms with Crippen LogP contribution in [0.25, 0.3) is 0 Å². The van der Waals surface area contributed by atoms with Gasteiger partial charge in [0.05, 0.1) is 11.9 Å². The molecule has 1 aliphatic rings. The van der Waals surface area contributed by atoms with E-state index in [1.807, 2.05) is 0 Å². The molecule has 0 saturated carbocycles. The van der Waals surface area contributed by atoms with Crippen molar-refractivity contribution in [2.24, 2.45) is 13.0 Å². The lowest BCUT2D eigenvalue weighted by atomic mass is 9.92. The molecule has 0 radical (unpaired) electrons. The number of anilines is 1. The van der Waals surface area contributed by atoms with Crippen molar-refractivity contribution in [1.82, 2.24) is 19.7 Å². The molecular weight excluding hydrogens is 454 g/mol. The van der Waals surface area contributed by atoms with Crippen LogP contribution < -0.4 is 5.32 Å². The number of alkyl halides is 4. The highest BCUT2D eigenvalue weighted by molar-refractivity contribution is 7.92. The summed E-state index contributed by atoms with van der Waals surface area (Å²) in [5.74, 6) is -1.10. The van der Waals surface area contributed by atoms with Gasteiger partial charge in [-0.25, -0.2) is 17.6 Å². The first-order chi connectivity index (χ1) is 14.7. The van der Waals surface area contributed by atoms with E-state index in [2.05, 4.69) is 15.4 Å². The third-order valence-corrected chi connectivity index (χ3v) is 7.81. The van der Waals surface area contributed by atoms with Crippen molar-refractivity contribution in [2.45, 2.75) is 42.8 Å². The summed E-state index contributed by atoms with van der Waals surface area (Å²) >= 11 is 0. The predicted octanol–water partition coefficient (Wildman–Crippen LogP) is 3.55. The van der Waals surface area contributed by atoms with E-state index in [1.165, 1.54) is 11.1 Å². The van der Waals surface area contributed by atoms with E-state index in [1.54, 1.807) is 19.1 Å². The van der Waals surface area contributed by atoms with Gasteiger partial charge in [-0.05, 0) is 38.8 Å². The molecule has 0 spiro atoms. The first-order valence-electron chi connectivity index (χ1n) is 9.76. The average Bonchev–Trinajstić information content (AvgIpc) is 3.13. The van der Waals surface area contributed by atoms with Crippen LogP contribution in [0.5, 0.6) is 0 Å². The van der Waals surface area contributed by atoms with E-state index in [0.717, 1.165) is 19.7 Å². The molecule has 0 aromatic carbocycles. The van der Waals surface area contributed by atoms with Gasteiger partial charge in [-0.15, -0.1) is 0 Å². The number of halogens is 4. The van der Waals surface area contributed by atoms with Crippen molar-refractivity contribution >= 4 is 21.6 Å². The quantitative estimate of drug-likeness (QED) is 0.680. The van der Waals surface area contributed by atoms with Gasteiger partial charge in [0.1, 0.15) is 4.90 Å². The summed E-state index contributed by atoms with van der Waals surface area (Å²) in [4.78, 5) is 16.7. The lowest BCUT2D eigenvalue weighted by molar-refractivity contribution is -0.143. The fourth-order valence-corrected chi connectivity index (χ4v) is 5.44. The summed E-state index contributed by atoms with van der Waals surface area (Å²) in [6.45, 7) is 2.66. The van der Waals surface area contributed by atoms with Crippen molar-refractivity contribution < 1.29 is 30.8 Å². The predicted molar refractivity (Wildman–Crippen MR) is 107 cm³/mol. The molecule has 32 heavy (non-hydrogen) atoms. The molecule has 1 fully saturated rings. The Morgan fingerprint density at radius 1 is 1.19 bits per heavy atom. The van der Waals surface area contributed by atoms with E-state index in [4.69, 9.17) is 0 Å². The molecule has 3 heterocycles. The molecule has 8 nitrogen and oxygen atoms in total. The molecule has 176 valence electrons. The Kier molecular flexibility index (Phi) is 6.24. The molecular formula is C19H23F4N5O3S. The fraction of sp³-hybridized carbons (Fsp3) is 0.526. The third kappa shape index (κ3) is 4.57.